The molecule has 1 rings (SSSR count). The predicted octanol–water partition coefficient (Wildman–Crippen LogP) is 1.35. The van der Waals surface area contributed by atoms with Crippen LogP contribution in [0, 0.1) is 5.82 Å². The summed E-state index contributed by atoms with van der Waals surface area (Å²) in [5.41, 5.74) is 0.875. The first-order valence-electron chi connectivity index (χ1n) is 5.31. The number of carbonyl (C=O) groups is 2. The second-order valence-electron chi connectivity index (χ2n) is 3.62. The lowest BCUT2D eigenvalue weighted by Crippen LogP contribution is -2.26. The van der Waals surface area contributed by atoms with Crippen LogP contribution in [-0.4, -0.2) is 23.5 Å². The second kappa shape index (κ2) is 6.62. The Hall–Kier alpha value is -1.91. The van der Waals surface area contributed by atoms with Crippen molar-refractivity contribution >= 4 is 11.9 Å². The molecular weight excluding hydrogens is 225 g/mol. The van der Waals surface area contributed by atoms with Gasteiger partial charge < -0.3 is 10.4 Å². The van der Waals surface area contributed by atoms with Crippen molar-refractivity contribution in [3.05, 3.63) is 35.6 Å². The number of carboxylic acids is 1. The van der Waals surface area contributed by atoms with Gasteiger partial charge in [0, 0.05) is 13.0 Å². The standard InChI is InChI=1S/C12H14FNO3/c13-10-4-1-9(2-5-10)3-6-11(15)14-8-7-12(16)17/h1-2,4-5H,3,6-8H2,(H,14,15)(H,16,17). The van der Waals surface area contributed by atoms with Crippen LogP contribution in [-0.2, 0) is 16.0 Å². The molecule has 0 fully saturated rings. The van der Waals surface area contributed by atoms with Gasteiger partial charge in [-0.15, -0.1) is 0 Å². The van der Waals surface area contributed by atoms with Crippen molar-refractivity contribution in [2.75, 3.05) is 6.54 Å². The predicted molar refractivity (Wildman–Crippen MR) is 60.0 cm³/mol. The molecule has 2 N–H and O–H groups in total. The van der Waals surface area contributed by atoms with Crippen molar-refractivity contribution in [1.29, 1.82) is 0 Å². The number of rotatable bonds is 6. The summed E-state index contributed by atoms with van der Waals surface area (Å²) >= 11 is 0. The third-order valence-corrected chi connectivity index (χ3v) is 2.22. The Balaban J connectivity index is 2.23. The quantitative estimate of drug-likeness (QED) is 0.787. The molecule has 0 aliphatic rings. The first kappa shape index (κ1) is 13.2. The van der Waals surface area contributed by atoms with Crippen LogP contribution in [0.3, 0.4) is 0 Å². The van der Waals surface area contributed by atoms with Crippen molar-refractivity contribution in [1.82, 2.24) is 5.32 Å². The zero-order valence-electron chi connectivity index (χ0n) is 9.28. The van der Waals surface area contributed by atoms with Gasteiger partial charge in [0.15, 0.2) is 0 Å². The Kier molecular flexibility index (Phi) is 5.13. The first-order chi connectivity index (χ1) is 8.08. The van der Waals surface area contributed by atoms with Crippen molar-refractivity contribution < 1.29 is 19.1 Å². The Labute approximate surface area is 98.5 Å². The van der Waals surface area contributed by atoms with E-state index in [9.17, 15) is 14.0 Å². The molecule has 0 aliphatic heterocycles. The van der Waals surface area contributed by atoms with E-state index in [1.165, 1.54) is 12.1 Å². The summed E-state index contributed by atoms with van der Waals surface area (Å²) in [6.45, 7) is 0.136. The van der Waals surface area contributed by atoms with E-state index in [-0.39, 0.29) is 31.1 Å². The lowest BCUT2D eigenvalue weighted by Gasteiger charge is -2.03. The van der Waals surface area contributed by atoms with Crippen LogP contribution < -0.4 is 5.32 Å². The summed E-state index contributed by atoms with van der Waals surface area (Å²) in [5.74, 6) is -1.45. The minimum absolute atomic E-state index is 0.0811. The zero-order valence-corrected chi connectivity index (χ0v) is 9.28. The minimum atomic E-state index is -0.941. The highest BCUT2D eigenvalue weighted by atomic mass is 19.1. The third-order valence-electron chi connectivity index (χ3n) is 2.22. The molecule has 0 saturated carbocycles. The summed E-state index contributed by atoms with van der Waals surface area (Å²) in [4.78, 5) is 21.5. The Morgan fingerprint density at radius 3 is 2.41 bits per heavy atom. The molecule has 4 nitrogen and oxygen atoms in total. The van der Waals surface area contributed by atoms with Gasteiger partial charge in [0.05, 0.1) is 6.42 Å². The molecule has 1 amide bonds. The largest absolute Gasteiger partial charge is 0.481 e. The maximum absolute atomic E-state index is 12.6. The summed E-state index contributed by atoms with van der Waals surface area (Å²) in [6, 6.07) is 5.94. The second-order valence-corrected chi connectivity index (χ2v) is 3.62. The van der Waals surface area contributed by atoms with Crippen molar-refractivity contribution in [2.45, 2.75) is 19.3 Å². The number of halogens is 1. The minimum Gasteiger partial charge on any atom is -0.481 e. The summed E-state index contributed by atoms with van der Waals surface area (Å²) in [5, 5.41) is 10.9. The normalized spacial score (nSPS) is 9.94. The van der Waals surface area contributed by atoms with Gasteiger partial charge in [-0.3, -0.25) is 9.59 Å². The van der Waals surface area contributed by atoms with Gasteiger partial charge in [-0.05, 0) is 24.1 Å². The summed E-state index contributed by atoms with van der Waals surface area (Å²) in [6.07, 6.45) is 0.701. The number of hydrogen-bond acceptors (Lipinski definition) is 2. The molecule has 0 aliphatic carbocycles. The maximum Gasteiger partial charge on any atom is 0.305 e. The fraction of sp³-hybridized carbons (Fsp3) is 0.333. The summed E-state index contributed by atoms with van der Waals surface area (Å²) in [7, 11) is 0. The Morgan fingerprint density at radius 2 is 1.82 bits per heavy atom. The van der Waals surface area contributed by atoms with E-state index in [1.807, 2.05) is 0 Å². The molecule has 0 spiro atoms. The number of nitrogens with one attached hydrogen (secondary N) is 1. The molecule has 0 unspecified atom stereocenters. The van der Waals surface area contributed by atoms with Crippen LogP contribution in [0.4, 0.5) is 4.39 Å². The summed E-state index contributed by atoms with van der Waals surface area (Å²) < 4.78 is 12.6. The number of hydrogen-bond donors (Lipinski definition) is 2. The lowest BCUT2D eigenvalue weighted by atomic mass is 10.1. The molecule has 1 aromatic rings. The smallest absolute Gasteiger partial charge is 0.305 e. The van der Waals surface area contributed by atoms with E-state index in [4.69, 9.17) is 5.11 Å². The van der Waals surface area contributed by atoms with Gasteiger partial charge in [0.25, 0.3) is 0 Å². The van der Waals surface area contributed by atoms with Crippen LogP contribution in [0.15, 0.2) is 24.3 Å². The SMILES string of the molecule is O=C(O)CCNC(=O)CCc1ccc(F)cc1. The molecule has 5 heteroatoms. The highest BCUT2D eigenvalue weighted by molar-refractivity contribution is 5.77. The molecule has 0 heterocycles. The van der Waals surface area contributed by atoms with Crippen molar-refractivity contribution in [2.24, 2.45) is 0 Å². The number of aryl methyl sites for hydroxylation is 1. The topological polar surface area (TPSA) is 66.4 Å². The van der Waals surface area contributed by atoms with Gasteiger partial charge in [0.1, 0.15) is 5.82 Å². The molecule has 0 saturated heterocycles. The van der Waals surface area contributed by atoms with Gasteiger partial charge in [-0.1, -0.05) is 12.1 Å². The van der Waals surface area contributed by atoms with Gasteiger partial charge in [-0.25, -0.2) is 4.39 Å². The highest BCUT2D eigenvalue weighted by Crippen LogP contribution is 2.05. The molecule has 17 heavy (non-hydrogen) atoms. The zero-order chi connectivity index (χ0) is 12.7. The molecular formula is C12H14FNO3. The highest BCUT2D eigenvalue weighted by Gasteiger charge is 2.03. The fourth-order valence-corrected chi connectivity index (χ4v) is 1.31. The Morgan fingerprint density at radius 1 is 1.18 bits per heavy atom. The monoisotopic (exact) mass is 239 g/mol. The average Bonchev–Trinajstić information content (AvgIpc) is 2.28. The number of amides is 1. The van der Waals surface area contributed by atoms with Gasteiger partial charge in [-0.2, -0.15) is 0 Å². The van der Waals surface area contributed by atoms with E-state index in [0.717, 1.165) is 5.56 Å². The van der Waals surface area contributed by atoms with Gasteiger partial charge >= 0.3 is 5.97 Å². The lowest BCUT2D eigenvalue weighted by molar-refractivity contribution is -0.136. The van der Waals surface area contributed by atoms with Crippen LogP contribution in [0.25, 0.3) is 0 Å². The third kappa shape index (κ3) is 5.65. The van der Waals surface area contributed by atoms with Crippen LogP contribution in [0.5, 0.6) is 0 Å². The number of carboxylic acid groups (broad SMARTS) is 1. The van der Waals surface area contributed by atoms with Crippen molar-refractivity contribution in [3.63, 3.8) is 0 Å². The molecule has 1 aromatic carbocycles. The average molecular weight is 239 g/mol. The molecule has 0 bridgehead atoms. The maximum atomic E-state index is 12.6. The van der Waals surface area contributed by atoms with Crippen molar-refractivity contribution in [3.8, 4) is 0 Å². The number of benzene rings is 1. The Bertz CT molecular complexity index is 389. The van der Waals surface area contributed by atoms with E-state index >= 15 is 0 Å². The van der Waals surface area contributed by atoms with Crippen LogP contribution in [0.1, 0.15) is 18.4 Å². The molecule has 92 valence electrons. The molecule has 0 radical (unpaired) electrons. The van der Waals surface area contributed by atoms with Crippen LogP contribution in [0.2, 0.25) is 0 Å². The van der Waals surface area contributed by atoms with Gasteiger partial charge in [0.2, 0.25) is 5.91 Å². The first-order valence-corrected chi connectivity index (χ1v) is 5.31. The van der Waals surface area contributed by atoms with E-state index < -0.39 is 5.97 Å². The van der Waals surface area contributed by atoms with E-state index in [0.29, 0.717) is 6.42 Å². The van der Waals surface area contributed by atoms with Crippen LogP contribution >= 0.6 is 0 Å². The number of carbonyl (C=O) groups excluding carboxylic acids is 1. The number of aliphatic carboxylic acids is 1. The fourth-order valence-electron chi connectivity index (χ4n) is 1.31. The van der Waals surface area contributed by atoms with E-state index in [2.05, 4.69) is 5.32 Å². The van der Waals surface area contributed by atoms with E-state index in [1.54, 1.807) is 12.1 Å². The molecule has 0 atom stereocenters. The molecule has 0 aromatic heterocycles.